The standard InChI is InChI=1S/C44H66N12O6/c1-4-38(23-16-34(2)43(59)47-26-11-7-5-9-14-41(57)51-61)46-28-13-29-55(53-45-3)31-35-17-19-36(20-18-35)32-56-33-40(50-54-56)30-49-39-24-21-37(22-25-39)44(60)48-27-12-8-6-10-15-42(58)52-62/h4,16-17,19-25,33,35,46,49,61-62H,2,5-15,18,26-32H2,1,3H3,(H,47,59)(H,48,60)(H,51,57)(H,52,58)/b23-16-,38-4+,53-45-. The summed E-state index contributed by atoms with van der Waals surface area (Å²) < 4.78 is 1.83. The molecule has 0 spiro atoms. The molecule has 0 saturated heterocycles. The molecule has 0 fully saturated rings. The van der Waals surface area contributed by atoms with Crippen LogP contribution in [0.3, 0.4) is 0 Å². The second-order valence-corrected chi connectivity index (χ2v) is 15.0. The van der Waals surface area contributed by atoms with Crippen LogP contribution in [0, 0.1) is 5.92 Å². The number of carbonyl (C=O) groups is 4. The molecule has 62 heavy (non-hydrogen) atoms. The van der Waals surface area contributed by atoms with Gasteiger partial charge < -0.3 is 21.3 Å². The number of allylic oxidation sites excluding steroid dienone is 5. The Balaban J connectivity index is 1.30. The van der Waals surface area contributed by atoms with E-state index >= 15 is 0 Å². The first-order valence-electron chi connectivity index (χ1n) is 21.5. The SMILES string of the molecule is C=C(/C=C\C(=C/C)NCCCN(CC1C=CC(Cn2cc(CNc3ccc(C(=O)NCCCCCCC(=O)NO)cc3)nn2)=CC1)/N=N\C)C(=O)NCCCCCCC(=O)NO. The summed E-state index contributed by atoms with van der Waals surface area (Å²) in [5.41, 5.74) is 7.92. The number of anilines is 1. The number of nitrogens with one attached hydrogen (secondary N) is 6. The van der Waals surface area contributed by atoms with Gasteiger partial charge in [0.1, 0.15) is 5.69 Å². The van der Waals surface area contributed by atoms with Crippen LogP contribution in [0.5, 0.6) is 0 Å². The number of unbranched alkanes of at least 4 members (excludes halogenated alkanes) is 6. The predicted molar refractivity (Wildman–Crippen MR) is 238 cm³/mol. The second-order valence-electron chi connectivity index (χ2n) is 15.0. The molecule has 1 heterocycles. The summed E-state index contributed by atoms with van der Waals surface area (Å²) in [5, 5.41) is 48.6. The average Bonchev–Trinajstić information content (AvgIpc) is 3.74. The molecule has 1 aromatic heterocycles. The van der Waals surface area contributed by atoms with Crippen molar-refractivity contribution in [2.24, 2.45) is 16.3 Å². The van der Waals surface area contributed by atoms with Crippen LogP contribution >= 0.6 is 0 Å². The highest BCUT2D eigenvalue weighted by molar-refractivity contribution is 5.95. The fourth-order valence-corrected chi connectivity index (χ4v) is 6.42. The Hall–Kier alpha value is -6.14. The van der Waals surface area contributed by atoms with Crippen molar-refractivity contribution in [1.82, 2.24) is 46.9 Å². The zero-order valence-electron chi connectivity index (χ0n) is 36.3. The zero-order chi connectivity index (χ0) is 44.8. The van der Waals surface area contributed by atoms with Gasteiger partial charge >= 0.3 is 0 Å². The summed E-state index contributed by atoms with van der Waals surface area (Å²) in [7, 11) is 1.67. The normalized spacial score (nSPS) is 13.8. The largest absolute Gasteiger partial charge is 0.385 e. The van der Waals surface area contributed by atoms with E-state index in [0.29, 0.717) is 69.0 Å². The number of amides is 4. The molecule has 0 saturated carbocycles. The van der Waals surface area contributed by atoms with Crippen LogP contribution in [0.1, 0.15) is 100 Å². The highest BCUT2D eigenvalue weighted by atomic mass is 16.5. The monoisotopic (exact) mass is 859 g/mol. The third kappa shape index (κ3) is 20.9. The van der Waals surface area contributed by atoms with Gasteiger partial charge in [-0.1, -0.05) is 67.0 Å². The van der Waals surface area contributed by atoms with Gasteiger partial charge in [-0.3, -0.25) is 34.6 Å². The molecule has 1 aliphatic rings. The van der Waals surface area contributed by atoms with Crippen LogP contribution in [0.25, 0.3) is 0 Å². The summed E-state index contributed by atoms with van der Waals surface area (Å²) in [6, 6.07) is 7.29. The lowest BCUT2D eigenvalue weighted by Gasteiger charge is -2.24. The Morgan fingerprint density at radius 1 is 0.887 bits per heavy atom. The molecule has 4 amide bonds. The maximum Gasteiger partial charge on any atom is 0.251 e. The Morgan fingerprint density at radius 3 is 2.18 bits per heavy atom. The average molecular weight is 859 g/mol. The topological polar surface area (TPSA) is 240 Å². The van der Waals surface area contributed by atoms with Gasteiger partial charge in [-0.15, -0.1) is 5.10 Å². The van der Waals surface area contributed by atoms with Crippen LogP contribution in [-0.2, 0) is 27.5 Å². The molecule has 0 radical (unpaired) electrons. The Morgan fingerprint density at radius 2 is 1.55 bits per heavy atom. The lowest BCUT2D eigenvalue weighted by atomic mass is 9.96. The summed E-state index contributed by atoms with van der Waals surface area (Å²) in [6.45, 7) is 10.2. The molecule has 0 bridgehead atoms. The molecule has 18 heteroatoms. The lowest BCUT2D eigenvalue weighted by molar-refractivity contribution is -0.130. The molecule has 1 atom stereocenters. The quantitative estimate of drug-likeness (QED) is 0.0119. The number of hydrogen-bond acceptors (Lipinski definition) is 12. The summed E-state index contributed by atoms with van der Waals surface area (Å²) >= 11 is 0. The maximum atomic E-state index is 12.5. The number of rotatable bonds is 31. The number of benzene rings is 1. The van der Waals surface area contributed by atoms with Gasteiger partial charge in [0.15, 0.2) is 0 Å². The van der Waals surface area contributed by atoms with E-state index in [-0.39, 0.29) is 30.0 Å². The van der Waals surface area contributed by atoms with E-state index in [1.54, 1.807) is 36.2 Å². The summed E-state index contributed by atoms with van der Waals surface area (Å²) in [5.74, 6) is -0.821. The van der Waals surface area contributed by atoms with E-state index in [0.717, 1.165) is 87.1 Å². The predicted octanol–water partition coefficient (Wildman–Crippen LogP) is 5.45. The van der Waals surface area contributed by atoms with Gasteiger partial charge in [0, 0.05) is 68.1 Å². The second kappa shape index (κ2) is 30.0. The van der Waals surface area contributed by atoms with Crippen LogP contribution in [0.15, 0.2) is 101 Å². The first kappa shape index (κ1) is 50.2. The van der Waals surface area contributed by atoms with Crippen LogP contribution in [0.2, 0.25) is 0 Å². The first-order valence-corrected chi connectivity index (χ1v) is 21.5. The fraction of sp³-hybridized carbons (Fsp3) is 0.500. The molecule has 1 aromatic carbocycles. The highest BCUT2D eigenvalue weighted by Gasteiger charge is 2.14. The summed E-state index contributed by atoms with van der Waals surface area (Å²) in [6.07, 6.45) is 22.8. The van der Waals surface area contributed by atoms with Gasteiger partial charge in [0.25, 0.3) is 11.8 Å². The van der Waals surface area contributed by atoms with Crippen molar-refractivity contribution in [3.05, 3.63) is 102 Å². The zero-order valence-corrected chi connectivity index (χ0v) is 36.3. The number of hydroxylamine groups is 2. The molecule has 1 unspecified atom stereocenters. The molecule has 8 N–H and O–H groups in total. The summed E-state index contributed by atoms with van der Waals surface area (Å²) in [4.78, 5) is 47.0. The van der Waals surface area contributed by atoms with Crippen molar-refractivity contribution in [3.63, 3.8) is 0 Å². The molecular formula is C44H66N12O6. The molecule has 0 aliphatic heterocycles. The Kier molecular flexibility index (Phi) is 24.3. The van der Waals surface area contributed by atoms with Crippen molar-refractivity contribution < 1.29 is 29.6 Å². The molecule has 2 aromatic rings. The van der Waals surface area contributed by atoms with Crippen molar-refractivity contribution in [1.29, 1.82) is 0 Å². The minimum absolute atomic E-state index is 0.131. The van der Waals surface area contributed by atoms with Crippen molar-refractivity contribution in [3.8, 4) is 0 Å². The van der Waals surface area contributed by atoms with Gasteiger partial charge in [0.05, 0.1) is 26.3 Å². The van der Waals surface area contributed by atoms with Gasteiger partial charge in [-0.05, 0) is 93.4 Å². The number of aromatic nitrogens is 3. The third-order valence-corrected chi connectivity index (χ3v) is 9.95. The molecule has 18 nitrogen and oxygen atoms in total. The number of carbonyl (C=O) groups excluding carboxylic acids is 4. The Labute approximate surface area is 365 Å². The van der Waals surface area contributed by atoms with E-state index in [4.69, 9.17) is 10.4 Å². The minimum atomic E-state index is -0.385. The number of nitrogens with zero attached hydrogens (tertiary/aromatic N) is 6. The molecule has 338 valence electrons. The lowest BCUT2D eigenvalue weighted by Crippen LogP contribution is -2.27. The van der Waals surface area contributed by atoms with Crippen molar-refractivity contribution in [2.75, 3.05) is 45.1 Å². The van der Waals surface area contributed by atoms with Gasteiger partial charge in [0.2, 0.25) is 11.8 Å². The van der Waals surface area contributed by atoms with Crippen molar-refractivity contribution in [2.45, 2.75) is 97.1 Å². The maximum absolute atomic E-state index is 12.5. The minimum Gasteiger partial charge on any atom is -0.385 e. The van der Waals surface area contributed by atoms with E-state index < -0.39 is 0 Å². The van der Waals surface area contributed by atoms with Crippen molar-refractivity contribution >= 4 is 29.3 Å². The first-order chi connectivity index (χ1) is 30.1. The molecule has 3 rings (SSSR count). The van der Waals surface area contributed by atoms with E-state index in [1.807, 2.05) is 47.1 Å². The fourth-order valence-electron chi connectivity index (χ4n) is 6.42. The van der Waals surface area contributed by atoms with Gasteiger partial charge in [-0.2, -0.15) is 5.11 Å². The van der Waals surface area contributed by atoms with Gasteiger partial charge in [-0.25, -0.2) is 15.6 Å². The smallest absolute Gasteiger partial charge is 0.251 e. The number of hydrogen-bond donors (Lipinski definition) is 8. The van der Waals surface area contributed by atoms with E-state index in [1.165, 1.54) is 0 Å². The molecule has 1 aliphatic carbocycles. The van der Waals surface area contributed by atoms with E-state index in [9.17, 15) is 19.2 Å². The highest BCUT2D eigenvalue weighted by Crippen LogP contribution is 2.20. The Bertz CT molecular complexity index is 1850. The molecular weight excluding hydrogens is 793 g/mol. The van der Waals surface area contributed by atoms with E-state index in [2.05, 4.69) is 66.7 Å². The van der Waals surface area contributed by atoms with Crippen LogP contribution in [0.4, 0.5) is 5.69 Å². The van der Waals surface area contributed by atoms with Crippen LogP contribution < -0.4 is 32.2 Å². The third-order valence-electron chi connectivity index (χ3n) is 9.95. The van der Waals surface area contributed by atoms with Crippen LogP contribution in [-0.4, -0.2) is 93.8 Å².